The first-order chi connectivity index (χ1) is 10.7. The summed E-state index contributed by atoms with van der Waals surface area (Å²) in [6.45, 7) is 4.66. The Morgan fingerprint density at radius 3 is 2.91 bits per heavy atom. The van der Waals surface area contributed by atoms with Crippen molar-refractivity contribution in [1.82, 2.24) is 14.5 Å². The van der Waals surface area contributed by atoms with Crippen LogP contribution in [-0.4, -0.2) is 40.7 Å². The first kappa shape index (κ1) is 15.8. The van der Waals surface area contributed by atoms with Gasteiger partial charge in [-0.3, -0.25) is 4.90 Å². The Morgan fingerprint density at radius 2 is 2.14 bits per heavy atom. The minimum Gasteiger partial charge on any atom is -0.371 e. The van der Waals surface area contributed by atoms with Gasteiger partial charge in [0, 0.05) is 38.6 Å². The lowest BCUT2D eigenvalue weighted by Crippen LogP contribution is -2.39. The SMILES string of the molecule is Clc1ccc(C2CN(CCCn3ccnc3)CCO2)cc1Cl. The Bertz CT molecular complexity index is 603. The van der Waals surface area contributed by atoms with Gasteiger partial charge in [-0.15, -0.1) is 0 Å². The second kappa shape index (κ2) is 7.47. The maximum Gasteiger partial charge on any atom is 0.0952 e. The van der Waals surface area contributed by atoms with E-state index in [4.69, 9.17) is 27.9 Å². The zero-order chi connectivity index (χ0) is 15.4. The summed E-state index contributed by atoms with van der Waals surface area (Å²) >= 11 is 12.1. The highest BCUT2D eigenvalue weighted by molar-refractivity contribution is 6.42. The van der Waals surface area contributed by atoms with Crippen LogP contribution in [0.2, 0.25) is 10.0 Å². The van der Waals surface area contributed by atoms with Crippen LogP contribution in [0.25, 0.3) is 0 Å². The number of nitrogens with zero attached hydrogens (tertiary/aromatic N) is 3. The van der Waals surface area contributed by atoms with Crippen molar-refractivity contribution in [2.45, 2.75) is 19.1 Å². The number of halogens is 2. The number of ether oxygens (including phenoxy) is 1. The summed E-state index contributed by atoms with van der Waals surface area (Å²) in [4.78, 5) is 6.50. The molecule has 2 heterocycles. The van der Waals surface area contributed by atoms with E-state index in [1.54, 1.807) is 0 Å². The number of morpholine rings is 1. The van der Waals surface area contributed by atoms with Gasteiger partial charge in [0.05, 0.1) is 29.1 Å². The molecule has 1 aliphatic heterocycles. The van der Waals surface area contributed by atoms with E-state index in [9.17, 15) is 0 Å². The molecule has 22 heavy (non-hydrogen) atoms. The van der Waals surface area contributed by atoms with E-state index in [1.807, 2.05) is 36.9 Å². The molecule has 0 aliphatic carbocycles. The third-order valence-corrected chi connectivity index (χ3v) is 4.65. The molecule has 0 saturated carbocycles. The van der Waals surface area contributed by atoms with E-state index in [1.165, 1.54) is 0 Å². The van der Waals surface area contributed by atoms with Gasteiger partial charge in [-0.05, 0) is 24.1 Å². The highest BCUT2D eigenvalue weighted by atomic mass is 35.5. The van der Waals surface area contributed by atoms with Crippen molar-refractivity contribution in [3.8, 4) is 0 Å². The summed E-state index contributed by atoms with van der Waals surface area (Å²) in [7, 11) is 0. The van der Waals surface area contributed by atoms with Crippen LogP contribution in [0.5, 0.6) is 0 Å². The molecule has 0 spiro atoms. The molecule has 3 rings (SSSR count). The van der Waals surface area contributed by atoms with E-state index in [0.29, 0.717) is 10.0 Å². The molecule has 4 nitrogen and oxygen atoms in total. The Morgan fingerprint density at radius 1 is 1.23 bits per heavy atom. The van der Waals surface area contributed by atoms with Gasteiger partial charge in [0.15, 0.2) is 0 Å². The lowest BCUT2D eigenvalue weighted by Gasteiger charge is -2.33. The van der Waals surface area contributed by atoms with Crippen LogP contribution in [0.15, 0.2) is 36.9 Å². The van der Waals surface area contributed by atoms with Crippen molar-refractivity contribution in [3.63, 3.8) is 0 Å². The molecular formula is C16H19Cl2N3O. The summed E-state index contributed by atoms with van der Waals surface area (Å²) in [5, 5.41) is 1.17. The smallest absolute Gasteiger partial charge is 0.0952 e. The van der Waals surface area contributed by atoms with Crippen LogP contribution >= 0.6 is 23.2 Å². The summed E-state index contributed by atoms with van der Waals surface area (Å²) in [6.07, 6.45) is 6.84. The van der Waals surface area contributed by atoms with Crippen LogP contribution in [0.3, 0.4) is 0 Å². The summed E-state index contributed by atoms with van der Waals surface area (Å²) < 4.78 is 7.99. The van der Waals surface area contributed by atoms with E-state index >= 15 is 0 Å². The van der Waals surface area contributed by atoms with Gasteiger partial charge >= 0.3 is 0 Å². The molecule has 0 N–H and O–H groups in total. The van der Waals surface area contributed by atoms with Gasteiger partial charge in [0.2, 0.25) is 0 Å². The molecular weight excluding hydrogens is 321 g/mol. The van der Waals surface area contributed by atoms with Crippen molar-refractivity contribution in [3.05, 3.63) is 52.5 Å². The Labute approximate surface area is 140 Å². The van der Waals surface area contributed by atoms with E-state index < -0.39 is 0 Å². The fourth-order valence-electron chi connectivity index (χ4n) is 2.72. The Hall–Kier alpha value is -1.07. The molecule has 1 aliphatic rings. The van der Waals surface area contributed by atoms with E-state index in [2.05, 4.69) is 14.5 Å². The minimum absolute atomic E-state index is 0.0664. The molecule has 1 aromatic carbocycles. The molecule has 1 saturated heterocycles. The number of benzene rings is 1. The van der Waals surface area contributed by atoms with Gasteiger partial charge in [-0.25, -0.2) is 4.98 Å². The lowest BCUT2D eigenvalue weighted by molar-refractivity contribution is -0.0304. The number of imidazole rings is 1. The van der Waals surface area contributed by atoms with Crippen molar-refractivity contribution < 1.29 is 4.74 Å². The first-order valence-corrected chi connectivity index (χ1v) is 8.22. The maximum absolute atomic E-state index is 6.10. The molecule has 118 valence electrons. The Kier molecular flexibility index (Phi) is 5.37. The molecule has 1 atom stereocenters. The number of rotatable bonds is 5. The molecule has 0 radical (unpaired) electrons. The minimum atomic E-state index is 0.0664. The van der Waals surface area contributed by atoms with Gasteiger partial charge in [-0.2, -0.15) is 0 Å². The highest BCUT2D eigenvalue weighted by Gasteiger charge is 2.22. The highest BCUT2D eigenvalue weighted by Crippen LogP contribution is 2.29. The normalized spacial score (nSPS) is 19.5. The molecule has 6 heteroatoms. The monoisotopic (exact) mass is 339 g/mol. The van der Waals surface area contributed by atoms with Crippen LogP contribution in [-0.2, 0) is 11.3 Å². The predicted octanol–water partition coefficient (Wildman–Crippen LogP) is 3.65. The molecule has 0 amide bonds. The summed E-state index contributed by atoms with van der Waals surface area (Å²) in [5.41, 5.74) is 1.09. The Balaban J connectivity index is 1.53. The maximum atomic E-state index is 6.10. The number of aromatic nitrogens is 2. The average Bonchev–Trinajstić information content (AvgIpc) is 3.04. The number of hydrogen-bond donors (Lipinski definition) is 0. The fraction of sp³-hybridized carbons (Fsp3) is 0.438. The van der Waals surface area contributed by atoms with Gasteiger partial charge in [-0.1, -0.05) is 29.3 Å². The van der Waals surface area contributed by atoms with Crippen LogP contribution < -0.4 is 0 Å². The quantitative estimate of drug-likeness (QED) is 0.832. The van der Waals surface area contributed by atoms with Crippen molar-refractivity contribution in [1.29, 1.82) is 0 Å². The van der Waals surface area contributed by atoms with Gasteiger partial charge < -0.3 is 9.30 Å². The van der Waals surface area contributed by atoms with Crippen LogP contribution in [0.1, 0.15) is 18.1 Å². The zero-order valence-electron chi connectivity index (χ0n) is 12.3. The van der Waals surface area contributed by atoms with E-state index in [0.717, 1.165) is 44.8 Å². The number of aryl methyl sites for hydroxylation is 1. The first-order valence-electron chi connectivity index (χ1n) is 7.47. The number of hydrogen-bond acceptors (Lipinski definition) is 3. The second-order valence-electron chi connectivity index (χ2n) is 5.49. The van der Waals surface area contributed by atoms with Crippen molar-refractivity contribution in [2.75, 3.05) is 26.2 Å². The second-order valence-corrected chi connectivity index (χ2v) is 6.30. The molecule has 1 fully saturated rings. The molecule has 2 aromatic rings. The summed E-state index contributed by atoms with van der Waals surface area (Å²) in [6, 6.07) is 5.73. The topological polar surface area (TPSA) is 30.3 Å². The molecule has 1 unspecified atom stereocenters. The van der Waals surface area contributed by atoms with Gasteiger partial charge in [0.1, 0.15) is 0 Å². The van der Waals surface area contributed by atoms with Crippen molar-refractivity contribution in [2.24, 2.45) is 0 Å². The van der Waals surface area contributed by atoms with Crippen molar-refractivity contribution >= 4 is 23.2 Å². The fourth-order valence-corrected chi connectivity index (χ4v) is 3.02. The van der Waals surface area contributed by atoms with Gasteiger partial charge in [0.25, 0.3) is 0 Å². The third-order valence-electron chi connectivity index (χ3n) is 3.92. The lowest BCUT2D eigenvalue weighted by atomic mass is 10.1. The molecule has 0 bridgehead atoms. The zero-order valence-corrected chi connectivity index (χ0v) is 13.8. The van der Waals surface area contributed by atoms with Crippen LogP contribution in [0, 0.1) is 0 Å². The third kappa shape index (κ3) is 4.02. The standard InChI is InChI=1S/C16H19Cl2N3O/c17-14-3-2-13(10-15(14)18)16-11-20(8-9-22-16)5-1-6-21-7-4-19-12-21/h2-4,7,10,12,16H,1,5-6,8-9,11H2. The average molecular weight is 340 g/mol. The largest absolute Gasteiger partial charge is 0.371 e. The van der Waals surface area contributed by atoms with Crippen LogP contribution in [0.4, 0.5) is 0 Å². The predicted molar refractivity (Wildman–Crippen MR) is 88.4 cm³/mol. The van der Waals surface area contributed by atoms with E-state index in [-0.39, 0.29) is 6.10 Å². The molecule has 1 aromatic heterocycles. The summed E-state index contributed by atoms with van der Waals surface area (Å²) in [5.74, 6) is 0.